The van der Waals surface area contributed by atoms with Crippen molar-refractivity contribution in [2.24, 2.45) is 5.18 Å². The fourth-order valence-electron chi connectivity index (χ4n) is 1.31. The Hall–Kier alpha value is -2.03. The molecule has 1 amide bonds. The molecule has 8 nitrogen and oxygen atoms in total. The van der Waals surface area contributed by atoms with Crippen LogP contribution in [0.4, 0.5) is 0 Å². The topological polar surface area (TPSA) is 107 Å². The fraction of sp³-hybridized carbons (Fsp3) is 0.583. The number of thiazole rings is 1. The quantitative estimate of drug-likeness (QED) is 0.657. The Balaban J connectivity index is 3.08. The molecule has 0 aliphatic carbocycles. The Morgan fingerprint density at radius 3 is 2.48 bits per heavy atom. The molecule has 0 aromatic carbocycles. The second-order valence-corrected chi connectivity index (χ2v) is 6.14. The van der Waals surface area contributed by atoms with Crippen molar-refractivity contribution >= 4 is 23.2 Å². The number of nitrogens with one attached hydrogen (secondary N) is 1. The van der Waals surface area contributed by atoms with Gasteiger partial charge in [-0.15, -0.1) is 4.91 Å². The summed E-state index contributed by atoms with van der Waals surface area (Å²) in [6.45, 7) is 6.71. The van der Waals surface area contributed by atoms with Crippen LogP contribution in [0.15, 0.2) is 5.18 Å². The van der Waals surface area contributed by atoms with Crippen LogP contribution in [0.25, 0.3) is 0 Å². The summed E-state index contributed by atoms with van der Waals surface area (Å²) in [5.41, 5.74) is -0.595. The molecule has 0 aliphatic heterocycles. The number of carbonyl (C=O) groups is 2. The van der Waals surface area contributed by atoms with Crippen LogP contribution >= 0.6 is 11.3 Å². The highest BCUT2D eigenvalue weighted by atomic mass is 32.1. The Morgan fingerprint density at radius 1 is 1.38 bits per heavy atom. The van der Waals surface area contributed by atoms with Crippen LogP contribution < -0.4 is 10.1 Å². The lowest BCUT2D eigenvalue weighted by Gasteiger charge is -2.19. The maximum absolute atomic E-state index is 12.2. The maximum atomic E-state index is 12.2. The van der Waals surface area contributed by atoms with Crippen molar-refractivity contribution in [1.82, 2.24) is 10.3 Å². The van der Waals surface area contributed by atoms with E-state index in [1.807, 2.05) is 0 Å². The first-order chi connectivity index (χ1) is 9.67. The van der Waals surface area contributed by atoms with Crippen LogP contribution in [-0.4, -0.2) is 35.7 Å². The molecule has 0 bridgehead atoms. The standard InChI is InChI=1S/C12H17N3O5S/c1-6(15-18)20-10(17)8-7(13-11(19-5)21-8)9(16)14-12(2,3)4/h6H,1-5H3,(H,14,16). The van der Waals surface area contributed by atoms with Crippen molar-refractivity contribution in [3.05, 3.63) is 15.5 Å². The summed E-state index contributed by atoms with van der Waals surface area (Å²) in [5.74, 6) is -1.37. The van der Waals surface area contributed by atoms with Crippen LogP contribution in [0.1, 0.15) is 47.9 Å². The van der Waals surface area contributed by atoms with Crippen LogP contribution in [0.3, 0.4) is 0 Å². The zero-order chi connectivity index (χ0) is 16.2. The highest BCUT2D eigenvalue weighted by Crippen LogP contribution is 2.26. The van der Waals surface area contributed by atoms with E-state index in [2.05, 4.69) is 15.5 Å². The van der Waals surface area contributed by atoms with Crippen molar-refractivity contribution in [2.45, 2.75) is 39.5 Å². The van der Waals surface area contributed by atoms with E-state index in [-0.39, 0.29) is 15.8 Å². The Bertz CT molecular complexity index is 550. The molecule has 1 heterocycles. The summed E-state index contributed by atoms with van der Waals surface area (Å²) in [5, 5.41) is 5.41. The van der Waals surface area contributed by atoms with Gasteiger partial charge in [-0.25, -0.2) is 4.79 Å². The van der Waals surface area contributed by atoms with E-state index in [4.69, 9.17) is 9.47 Å². The molecule has 1 aromatic rings. The third-order valence-corrected chi connectivity index (χ3v) is 3.09. The molecule has 9 heteroatoms. The smallest absolute Gasteiger partial charge is 0.353 e. The van der Waals surface area contributed by atoms with E-state index in [9.17, 15) is 14.5 Å². The predicted molar refractivity (Wildman–Crippen MR) is 76.6 cm³/mol. The summed E-state index contributed by atoms with van der Waals surface area (Å²) >= 11 is 0.862. The number of ether oxygens (including phenoxy) is 2. The van der Waals surface area contributed by atoms with Gasteiger partial charge in [0.2, 0.25) is 6.23 Å². The van der Waals surface area contributed by atoms with E-state index in [0.29, 0.717) is 0 Å². The molecular weight excluding hydrogens is 298 g/mol. The average molecular weight is 315 g/mol. The third kappa shape index (κ3) is 4.78. The van der Waals surface area contributed by atoms with Gasteiger partial charge < -0.3 is 14.8 Å². The zero-order valence-corrected chi connectivity index (χ0v) is 13.2. The predicted octanol–water partition coefficient (Wildman–Crippen LogP) is 1.95. The van der Waals surface area contributed by atoms with Crippen molar-refractivity contribution < 1.29 is 19.1 Å². The molecule has 116 valence electrons. The summed E-state index contributed by atoms with van der Waals surface area (Å²) < 4.78 is 9.71. The lowest BCUT2D eigenvalue weighted by molar-refractivity contribution is 0.0359. The van der Waals surface area contributed by atoms with E-state index >= 15 is 0 Å². The number of esters is 1. The van der Waals surface area contributed by atoms with E-state index in [1.165, 1.54) is 14.0 Å². The number of nitrogens with zero attached hydrogens (tertiary/aromatic N) is 2. The van der Waals surface area contributed by atoms with Crippen LogP contribution in [0, 0.1) is 4.91 Å². The van der Waals surface area contributed by atoms with Crippen LogP contribution in [0.2, 0.25) is 0 Å². The first-order valence-corrected chi connectivity index (χ1v) is 6.90. The molecule has 1 rings (SSSR count). The molecule has 0 fully saturated rings. The number of rotatable bonds is 5. The number of hydrogen-bond donors (Lipinski definition) is 1. The second kappa shape index (κ2) is 6.61. The van der Waals surface area contributed by atoms with Crippen molar-refractivity contribution in [2.75, 3.05) is 7.11 Å². The molecule has 21 heavy (non-hydrogen) atoms. The molecule has 1 N–H and O–H groups in total. The number of amides is 1. The van der Waals surface area contributed by atoms with E-state index in [1.54, 1.807) is 20.8 Å². The molecule has 1 aromatic heterocycles. The lowest BCUT2D eigenvalue weighted by Crippen LogP contribution is -2.41. The van der Waals surface area contributed by atoms with Gasteiger partial charge >= 0.3 is 5.97 Å². The molecule has 0 radical (unpaired) electrons. The number of hydrogen-bond acceptors (Lipinski definition) is 8. The molecule has 1 atom stereocenters. The summed E-state index contributed by atoms with van der Waals surface area (Å²) in [6.07, 6.45) is -1.15. The number of nitroso groups, excluding NO2 is 1. The fourth-order valence-corrected chi connectivity index (χ4v) is 2.07. The maximum Gasteiger partial charge on any atom is 0.353 e. The van der Waals surface area contributed by atoms with Gasteiger partial charge in [-0.2, -0.15) is 4.98 Å². The molecular formula is C12H17N3O5S. The van der Waals surface area contributed by atoms with E-state index < -0.39 is 23.6 Å². The lowest BCUT2D eigenvalue weighted by atomic mass is 10.1. The normalized spacial score (nSPS) is 12.4. The molecule has 0 aliphatic rings. The van der Waals surface area contributed by atoms with Gasteiger partial charge in [-0.05, 0) is 32.9 Å². The monoisotopic (exact) mass is 315 g/mol. The first kappa shape index (κ1) is 17.0. The Kier molecular flexibility index (Phi) is 5.36. The largest absolute Gasteiger partial charge is 0.473 e. The molecule has 0 saturated carbocycles. The number of carbonyl (C=O) groups excluding carboxylic acids is 2. The summed E-state index contributed by atoms with van der Waals surface area (Å²) in [7, 11) is 1.37. The molecule has 0 saturated heterocycles. The Labute approximate surface area is 125 Å². The third-order valence-electron chi connectivity index (χ3n) is 2.10. The zero-order valence-electron chi connectivity index (χ0n) is 12.4. The van der Waals surface area contributed by atoms with Crippen molar-refractivity contribution in [3.63, 3.8) is 0 Å². The average Bonchev–Trinajstić information content (AvgIpc) is 2.80. The van der Waals surface area contributed by atoms with Gasteiger partial charge in [0, 0.05) is 5.54 Å². The minimum atomic E-state index is -1.15. The molecule has 1 unspecified atom stereocenters. The van der Waals surface area contributed by atoms with Gasteiger partial charge in [0.15, 0.2) is 5.69 Å². The first-order valence-electron chi connectivity index (χ1n) is 6.08. The van der Waals surface area contributed by atoms with Crippen molar-refractivity contribution in [3.8, 4) is 5.19 Å². The Morgan fingerprint density at radius 2 is 2.00 bits per heavy atom. The minimum Gasteiger partial charge on any atom is -0.473 e. The minimum absolute atomic E-state index is 0.0379. The van der Waals surface area contributed by atoms with Gasteiger partial charge in [0.1, 0.15) is 4.88 Å². The van der Waals surface area contributed by atoms with E-state index in [0.717, 1.165) is 11.3 Å². The molecule has 0 spiro atoms. The highest BCUT2D eigenvalue weighted by molar-refractivity contribution is 7.15. The van der Waals surface area contributed by atoms with Gasteiger partial charge in [0.25, 0.3) is 11.1 Å². The van der Waals surface area contributed by atoms with Gasteiger partial charge in [-0.3, -0.25) is 4.79 Å². The second-order valence-electron chi connectivity index (χ2n) is 5.18. The van der Waals surface area contributed by atoms with Gasteiger partial charge in [-0.1, -0.05) is 11.3 Å². The van der Waals surface area contributed by atoms with Crippen molar-refractivity contribution in [1.29, 1.82) is 0 Å². The van der Waals surface area contributed by atoms with Gasteiger partial charge in [0.05, 0.1) is 7.11 Å². The highest BCUT2D eigenvalue weighted by Gasteiger charge is 2.28. The number of aromatic nitrogens is 1. The SMILES string of the molecule is COc1nc(C(=O)NC(C)(C)C)c(C(=O)OC(C)N=O)s1. The van der Waals surface area contributed by atoms with Crippen LogP contribution in [0.5, 0.6) is 5.19 Å². The number of methoxy groups -OCH3 is 1. The summed E-state index contributed by atoms with van der Waals surface area (Å²) in [6, 6.07) is 0. The summed E-state index contributed by atoms with van der Waals surface area (Å²) in [4.78, 5) is 38.3. The van der Waals surface area contributed by atoms with Crippen LogP contribution in [-0.2, 0) is 4.74 Å².